The number of halogens is 1. The molecule has 194 valence electrons. The van der Waals surface area contributed by atoms with Gasteiger partial charge in [-0.15, -0.1) is 0 Å². The summed E-state index contributed by atoms with van der Waals surface area (Å²) in [4.78, 5) is 17.0. The highest BCUT2D eigenvalue weighted by Gasteiger charge is 2.11. The van der Waals surface area contributed by atoms with E-state index in [1.165, 1.54) is 28.8 Å². The van der Waals surface area contributed by atoms with Gasteiger partial charge < -0.3 is 14.6 Å². The van der Waals surface area contributed by atoms with Crippen molar-refractivity contribution >= 4 is 16.9 Å². The molecule has 4 rings (SSSR count). The second kappa shape index (κ2) is 13.0. The molecule has 4 aromatic rings. The largest absolute Gasteiger partial charge is 0.493 e. The SMILES string of the molecule is Cc1ccc(OCCCCn2c(CCCCCNC(=O)c3ccccc3F)nc3ccccc32)c(C)c1. The lowest BCUT2D eigenvalue weighted by molar-refractivity contribution is 0.0949. The number of aromatic nitrogens is 2. The maximum atomic E-state index is 13.7. The molecule has 6 heteroatoms. The molecule has 0 aliphatic rings. The number of ether oxygens (including phenoxy) is 1. The number of nitrogens with one attached hydrogen (secondary N) is 1. The Labute approximate surface area is 218 Å². The van der Waals surface area contributed by atoms with E-state index < -0.39 is 5.82 Å². The van der Waals surface area contributed by atoms with E-state index in [0.29, 0.717) is 13.2 Å². The number of aryl methyl sites for hydroxylation is 4. The van der Waals surface area contributed by atoms with E-state index in [9.17, 15) is 9.18 Å². The molecule has 0 saturated heterocycles. The standard InChI is InChI=1S/C31H36FN3O2/c1-23-17-18-29(24(2)22-23)37-21-11-10-20-35-28-15-8-7-14-27(28)34-30(35)16-4-3-9-19-33-31(36)25-12-5-6-13-26(25)32/h5-8,12-15,17-18,22H,3-4,9-11,16,19-21H2,1-2H3,(H,33,36). The van der Waals surface area contributed by atoms with Crippen LogP contribution >= 0.6 is 0 Å². The van der Waals surface area contributed by atoms with E-state index in [1.54, 1.807) is 12.1 Å². The van der Waals surface area contributed by atoms with Crippen molar-refractivity contribution in [2.75, 3.05) is 13.2 Å². The minimum absolute atomic E-state index is 0.0932. The van der Waals surface area contributed by atoms with Crippen molar-refractivity contribution in [1.29, 1.82) is 0 Å². The molecule has 1 N–H and O–H groups in total. The van der Waals surface area contributed by atoms with E-state index in [2.05, 4.69) is 60.1 Å². The highest BCUT2D eigenvalue weighted by molar-refractivity contribution is 5.94. The minimum atomic E-state index is -0.490. The zero-order valence-electron chi connectivity index (χ0n) is 21.8. The first-order valence-corrected chi connectivity index (χ1v) is 13.2. The fourth-order valence-corrected chi connectivity index (χ4v) is 4.61. The van der Waals surface area contributed by atoms with Crippen LogP contribution in [0.5, 0.6) is 5.75 Å². The fraction of sp³-hybridized carbons (Fsp3) is 0.355. The first kappa shape index (κ1) is 26.4. The summed E-state index contributed by atoms with van der Waals surface area (Å²) >= 11 is 0. The van der Waals surface area contributed by atoms with Gasteiger partial charge in [0.05, 0.1) is 23.2 Å². The molecule has 0 aliphatic heterocycles. The van der Waals surface area contributed by atoms with Crippen LogP contribution in [0.2, 0.25) is 0 Å². The van der Waals surface area contributed by atoms with Gasteiger partial charge in [0.1, 0.15) is 17.4 Å². The number of carbonyl (C=O) groups is 1. The van der Waals surface area contributed by atoms with Crippen molar-refractivity contribution in [3.8, 4) is 5.75 Å². The number of carbonyl (C=O) groups excluding carboxylic acids is 1. The normalized spacial score (nSPS) is 11.1. The molecule has 0 bridgehead atoms. The number of para-hydroxylation sites is 2. The zero-order chi connectivity index (χ0) is 26.0. The van der Waals surface area contributed by atoms with Gasteiger partial charge >= 0.3 is 0 Å². The van der Waals surface area contributed by atoms with Crippen LogP contribution in [0, 0.1) is 19.7 Å². The molecule has 0 unspecified atom stereocenters. The lowest BCUT2D eigenvalue weighted by Crippen LogP contribution is -2.25. The molecule has 1 amide bonds. The smallest absolute Gasteiger partial charge is 0.254 e. The number of imidazole rings is 1. The van der Waals surface area contributed by atoms with E-state index in [4.69, 9.17) is 9.72 Å². The second-order valence-corrected chi connectivity index (χ2v) is 9.54. The van der Waals surface area contributed by atoms with Gasteiger partial charge in [0, 0.05) is 19.5 Å². The minimum Gasteiger partial charge on any atom is -0.493 e. The Kier molecular flexibility index (Phi) is 9.30. The predicted molar refractivity (Wildman–Crippen MR) is 147 cm³/mol. The van der Waals surface area contributed by atoms with Crippen LogP contribution in [0.1, 0.15) is 59.4 Å². The highest BCUT2D eigenvalue weighted by Crippen LogP contribution is 2.21. The third-order valence-electron chi connectivity index (χ3n) is 6.58. The molecular formula is C31H36FN3O2. The van der Waals surface area contributed by atoms with Crippen molar-refractivity contribution in [1.82, 2.24) is 14.9 Å². The van der Waals surface area contributed by atoms with E-state index >= 15 is 0 Å². The molecule has 1 aromatic heterocycles. The Morgan fingerprint density at radius 1 is 0.946 bits per heavy atom. The van der Waals surface area contributed by atoms with Crippen molar-refractivity contribution < 1.29 is 13.9 Å². The van der Waals surface area contributed by atoms with Crippen LogP contribution < -0.4 is 10.1 Å². The number of unbranched alkanes of at least 4 members (excludes halogenated alkanes) is 3. The summed E-state index contributed by atoms with van der Waals surface area (Å²) in [5.74, 6) is 1.22. The average Bonchev–Trinajstić information content (AvgIpc) is 3.24. The van der Waals surface area contributed by atoms with E-state index in [0.717, 1.165) is 62.2 Å². The van der Waals surface area contributed by atoms with Crippen molar-refractivity contribution in [2.45, 2.75) is 58.9 Å². The number of hydrogen-bond donors (Lipinski definition) is 1. The van der Waals surface area contributed by atoms with Gasteiger partial charge in [-0.1, -0.05) is 48.4 Å². The number of amides is 1. The molecule has 0 spiro atoms. The van der Waals surface area contributed by atoms with Gasteiger partial charge in [0.2, 0.25) is 0 Å². The lowest BCUT2D eigenvalue weighted by Gasteiger charge is -2.12. The number of hydrogen-bond acceptors (Lipinski definition) is 3. The number of benzene rings is 3. The summed E-state index contributed by atoms with van der Waals surface area (Å²) in [6.07, 6.45) is 5.66. The maximum absolute atomic E-state index is 13.7. The molecule has 0 fully saturated rings. The summed E-state index contributed by atoms with van der Waals surface area (Å²) in [7, 11) is 0. The predicted octanol–water partition coefficient (Wildman–Crippen LogP) is 6.79. The number of rotatable bonds is 13. The molecule has 0 atom stereocenters. The first-order chi connectivity index (χ1) is 18.0. The summed E-state index contributed by atoms with van der Waals surface area (Å²) in [6.45, 7) is 6.32. The molecule has 0 saturated carbocycles. The van der Waals surface area contributed by atoms with Crippen LogP contribution in [0.15, 0.2) is 66.7 Å². The van der Waals surface area contributed by atoms with E-state index in [-0.39, 0.29) is 11.5 Å². The fourth-order valence-electron chi connectivity index (χ4n) is 4.61. The summed E-state index contributed by atoms with van der Waals surface area (Å²) < 4.78 is 22.1. The maximum Gasteiger partial charge on any atom is 0.254 e. The molecule has 3 aromatic carbocycles. The topological polar surface area (TPSA) is 56.1 Å². The van der Waals surface area contributed by atoms with Crippen molar-refractivity contribution in [2.24, 2.45) is 0 Å². The number of nitrogens with zero attached hydrogens (tertiary/aromatic N) is 2. The third kappa shape index (κ3) is 7.19. The molecule has 37 heavy (non-hydrogen) atoms. The summed E-state index contributed by atoms with van der Waals surface area (Å²) in [5.41, 5.74) is 4.72. The monoisotopic (exact) mass is 501 g/mol. The van der Waals surface area contributed by atoms with Gasteiger partial charge in [-0.25, -0.2) is 9.37 Å². The Hall–Kier alpha value is -3.67. The Morgan fingerprint density at radius 2 is 1.76 bits per heavy atom. The van der Waals surface area contributed by atoms with Crippen LogP contribution in [0.25, 0.3) is 11.0 Å². The van der Waals surface area contributed by atoms with Crippen LogP contribution in [-0.4, -0.2) is 28.6 Å². The van der Waals surface area contributed by atoms with Crippen molar-refractivity contribution in [3.63, 3.8) is 0 Å². The van der Waals surface area contributed by atoms with Crippen LogP contribution in [-0.2, 0) is 13.0 Å². The van der Waals surface area contributed by atoms with Crippen LogP contribution in [0.3, 0.4) is 0 Å². The van der Waals surface area contributed by atoms with Gasteiger partial charge in [-0.05, 0) is 75.4 Å². The van der Waals surface area contributed by atoms with Gasteiger partial charge in [0.15, 0.2) is 0 Å². The van der Waals surface area contributed by atoms with Gasteiger partial charge in [-0.2, -0.15) is 0 Å². The highest BCUT2D eigenvalue weighted by atomic mass is 19.1. The average molecular weight is 502 g/mol. The molecule has 0 aliphatic carbocycles. The van der Waals surface area contributed by atoms with E-state index in [1.807, 2.05) is 6.07 Å². The van der Waals surface area contributed by atoms with Gasteiger partial charge in [0.25, 0.3) is 5.91 Å². The molecule has 1 heterocycles. The Morgan fingerprint density at radius 3 is 2.59 bits per heavy atom. The lowest BCUT2D eigenvalue weighted by atomic mass is 10.1. The van der Waals surface area contributed by atoms with Crippen LogP contribution in [0.4, 0.5) is 4.39 Å². The van der Waals surface area contributed by atoms with Gasteiger partial charge in [-0.3, -0.25) is 4.79 Å². The Bertz CT molecular complexity index is 1330. The number of fused-ring (bicyclic) bond motifs is 1. The first-order valence-electron chi connectivity index (χ1n) is 13.2. The molecule has 5 nitrogen and oxygen atoms in total. The zero-order valence-corrected chi connectivity index (χ0v) is 21.8. The van der Waals surface area contributed by atoms with Crippen molar-refractivity contribution in [3.05, 3.63) is 95.1 Å². The quantitative estimate of drug-likeness (QED) is 0.205. The summed E-state index contributed by atoms with van der Waals surface area (Å²) in [5, 5.41) is 2.82. The summed E-state index contributed by atoms with van der Waals surface area (Å²) in [6, 6.07) is 20.6. The molecule has 0 radical (unpaired) electrons. The Balaban J connectivity index is 1.23. The third-order valence-corrected chi connectivity index (χ3v) is 6.58. The molecular weight excluding hydrogens is 465 g/mol. The second-order valence-electron chi connectivity index (χ2n) is 9.54.